The number of nitrogens with one attached hydrogen (secondary N) is 1. The summed E-state index contributed by atoms with van der Waals surface area (Å²) in [6, 6.07) is 11.8. The molecular formula is C20H16N4O4S. The van der Waals surface area contributed by atoms with Crippen molar-refractivity contribution < 1.29 is 14.5 Å². The fourth-order valence-corrected chi connectivity index (χ4v) is 4.03. The number of nitrogens with zero attached hydrogens (tertiary/aromatic N) is 2. The van der Waals surface area contributed by atoms with Crippen LogP contribution in [0.2, 0.25) is 0 Å². The molecule has 0 unspecified atom stereocenters. The normalized spacial score (nSPS) is 11.0. The van der Waals surface area contributed by atoms with Crippen LogP contribution in [0.1, 0.15) is 15.2 Å². The second-order valence-corrected chi connectivity index (χ2v) is 7.48. The van der Waals surface area contributed by atoms with Crippen molar-refractivity contribution in [3.05, 3.63) is 63.0 Å². The van der Waals surface area contributed by atoms with E-state index in [1.807, 2.05) is 31.2 Å². The summed E-state index contributed by atoms with van der Waals surface area (Å²) in [6.45, 7) is 1.99. The summed E-state index contributed by atoms with van der Waals surface area (Å²) in [7, 11) is 1.37. The standard InChI is InChI=1S/C20H16N4O4S/c1-10-3-4-11-8-13-17(21)18(29-20(13)23-15(11)7-10)19(25)22-14-6-5-12(24(26)27)9-16(14)28-2/h3-9H,21H2,1-2H3,(H,22,25). The fraction of sp³-hybridized carbons (Fsp3) is 0.100. The predicted molar refractivity (Wildman–Crippen MR) is 114 cm³/mol. The highest BCUT2D eigenvalue weighted by Crippen LogP contribution is 2.36. The van der Waals surface area contributed by atoms with Gasteiger partial charge < -0.3 is 15.8 Å². The molecule has 8 nitrogen and oxygen atoms in total. The number of hydrogen-bond acceptors (Lipinski definition) is 7. The summed E-state index contributed by atoms with van der Waals surface area (Å²) in [5, 5.41) is 15.3. The van der Waals surface area contributed by atoms with Crippen LogP contribution in [0, 0.1) is 17.0 Å². The summed E-state index contributed by atoms with van der Waals surface area (Å²) in [5.74, 6) is -0.246. The molecule has 0 atom stereocenters. The van der Waals surface area contributed by atoms with Gasteiger partial charge in [0.25, 0.3) is 11.6 Å². The van der Waals surface area contributed by atoms with Crippen molar-refractivity contribution in [2.24, 2.45) is 0 Å². The lowest BCUT2D eigenvalue weighted by atomic mass is 10.1. The quantitative estimate of drug-likeness (QED) is 0.379. The lowest BCUT2D eigenvalue weighted by Crippen LogP contribution is -2.12. The van der Waals surface area contributed by atoms with Crippen LogP contribution in [0.5, 0.6) is 5.75 Å². The van der Waals surface area contributed by atoms with E-state index in [0.29, 0.717) is 26.5 Å². The topological polar surface area (TPSA) is 120 Å². The minimum atomic E-state index is -0.532. The number of hydrogen-bond donors (Lipinski definition) is 2. The number of carbonyl (C=O) groups excluding carboxylic acids is 1. The van der Waals surface area contributed by atoms with E-state index in [4.69, 9.17) is 10.5 Å². The van der Waals surface area contributed by atoms with E-state index in [1.54, 1.807) is 0 Å². The minimum Gasteiger partial charge on any atom is -0.494 e. The van der Waals surface area contributed by atoms with Gasteiger partial charge in [-0.05, 0) is 30.7 Å². The van der Waals surface area contributed by atoms with Crippen molar-refractivity contribution in [1.29, 1.82) is 0 Å². The Hall–Kier alpha value is -3.72. The van der Waals surface area contributed by atoms with Crippen molar-refractivity contribution in [1.82, 2.24) is 4.98 Å². The molecule has 2 aromatic heterocycles. The van der Waals surface area contributed by atoms with Gasteiger partial charge in [0.15, 0.2) is 0 Å². The Morgan fingerprint density at radius 1 is 1.24 bits per heavy atom. The van der Waals surface area contributed by atoms with Crippen LogP contribution in [0.3, 0.4) is 0 Å². The Morgan fingerprint density at radius 2 is 2.03 bits per heavy atom. The summed E-state index contributed by atoms with van der Waals surface area (Å²) < 4.78 is 5.17. The first kappa shape index (κ1) is 18.6. The number of nitrogen functional groups attached to an aromatic ring is 1. The third kappa shape index (κ3) is 3.32. The molecule has 9 heteroatoms. The van der Waals surface area contributed by atoms with Crippen LogP contribution in [0.15, 0.2) is 42.5 Å². The summed E-state index contributed by atoms with van der Waals surface area (Å²) in [5.41, 5.74) is 8.70. The van der Waals surface area contributed by atoms with Crippen molar-refractivity contribution in [2.45, 2.75) is 6.92 Å². The van der Waals surface area contributed by atoms with Crippen molar-refractivity contribution in [3.63, 3.8) is 0 Å². The number of ether oxygens (including phenoxy) is 1. The number of aryl methyl sites for hydroxylation is 1. The van der Waals surface area contributed by atoms with Gasteiger partial charge in [0.05, 0.1) is 35.0 Å². The Balaban J connectivity index is 1.73. The molecule has 2 aromatic carbocycles. The molecule has 2 heterocycles. The Labute approximate surface area is 169 Å². The van der Waals surface area contributed by atoms with E-state index >= 15 is 0 Å². The van der Waals surface area contributed by atoms with Gasteiger partial charge in [0, 0.05) is 16.8 Å². The molecule has 3 N–H and O–H groups in total. The molecule has 0 saturated heterocycles. The summed E-state index contributed by atoms with van der Waals surface area (Å²) in [6.07, 6.45) is 0. The number of amides is 1. The molecule has 0 radical (unpaired) electrons. The molecule has 0 aliphatic carbocycles. The number of anilines is 2. The van der Waals surface area contributed by atoms with Crippen LogP contribution >= 0.6 is 11.3 Å². The van der Waals surface area contributed by atoms with Crippen LogP contribution in [-0.2, 0) is 0 Å². The third-order valence-electron chi connectivity index (χ3n) is 4.52. The SMILES string of the molecule is COc1cc([N+](=O)[O-])ccc1NC(=O)c1sc2nc3cc(C)ccc3cc2c1N. The van der Waals surface area contributed by atoms with Crippen molar-refractivity contribution >= 4 is 55.4 Å². The zero-order valence-electron chi connectivity index (χ0n) is 15.6. The zero-order valence-corrected chi connectivity index (χ0v) is 16.4. The maximum absolute atomic E-state index is 12.8. The first-order valence-electron chi connectivity index (χ1n) is 8.60. The Kier molecular flexibility index (Phi) is 4.51. The van der Waals surface area contributed by atoms with Crippen molar-refractivity contribution in [3.8, 4) is 5.75 Å². The second kappa shape index (κ2) is 7.02. The van der Waals surface area contributed by atoms with E-state index in [0.717, 1.165) is 16.5 Å². The molecule has 0 saturated carbocycles. The van der Waals surface area contributed by atoms with Crippen LogP contribution in [0.4, 0.5) is 17.1 Å². The molecule has 29 heavy (non-hydrogen) atoms. The van der Waals surface area contributed by atoms with Gasteiger partial charge in [-0.15, -0.1) is 11.3 Å². The smallest absolute Gasteiger partial charge is 0.273 e. The maximum atomic E-state index is 12.8. The number of nitro benzene ring substituents is 1. The molecule has 0 fully saturated rings. The van der Waals surface area contributed by atoms with E-state index in [2.05, 4.69) is 10.3 Å². The highest BCUT2D eigenvalue weighted by atomic mass is 32.1. The lowest BCUT2D eigenvalue weighted by molar-refractivity contribution is -0.384. The first-order chi connectivity index (χ1) is 13.9. The molecule has 0 bridgehead atoms. The highest BCUT2D eigenvalue weighted by Gasteiger charge is 2.20. The Bertz CT molecular complexity index is 1300. The number of nitro groups is 1. The molecule has 4 rings (SSSR count). The monoisotopic (exact) mass is 408 g/mol. The molecule has 146 valence electrons. The highest BCUT2D eigenvalue weighted by molar-refractivity contribution is 7.21. The minimum absolute atomic E-state index is 0.132. The van der Waals surface area contributed by atoms with Gasteiger partial charge in [0.2, 0.25) is 0 Å². The van der Waals surface area contributed by atoms with Crippen LogP contribution in [0.25, 0.3) is 21.1 Å². The largest absolute Gasteiger partial charge is 0.494 e. The molecule has 0 aliphatic rings. The predicted octanol–water partition coefficient (Wildman–Crippen LogP) is 4.51. The van der Waals surface area contributed by atoms with Crippen LogP contribution < -0.4 is 15.8 Å². The number of pyridine rings is 1. The molecule has 1 amide bonds. The second-order valence-electron chi connectivity index (χ2n) is 6.48. The average Bonchev–Trinajstić information content (AvgIpc) is 3.02. The average molecular weight is 408 g/mol. The van der Waals surface area contributed by atoms with E-state index < -0.39 is 10.8 Å². The number of thiophene rings is 1. The van der Waals surface area contributed by atoms with E-state index in [9.17, 15) is 14.9 Å². The number of benzene rings is 2. The first-order valence-corrected chi connectivity index (χ1v) is 9.42. The number of non-ortho nitro benzene ring substituents is 1. The van der Waals surface area contributed by atoms with E-state index in [-0.39, 0.29) is 11.4 Å². The lowest BCUT2D eigenvalue weighted by Gasteiger charge is -2.09. The van der Waals surface area contributed by atoms with Crippen LogP contribution in [-0.4, -0.2) is 22.9 Å². The Morgan fingerprint density at radius 3 is 2.76 bits per heavy atom. The van der Waals surface area contributed by atoms with Gasteiger partial charge in [-0.25, -0.2) is 4.98 Å². The van der Waals surface area contributed by atoms with Gasteiger partial charge >= 0.3 is 0 Å². The van der Waals surface area contributed by atoms with Gasteiger partial charge in [-0.3, -0.25) is 14.9 Å². The number of fused-ring (bicyclic) bond motifs is 2. The number of aromatic nitrogens is 1. The zero-order chi connectivity index (χ0) is 20.7. The fourth-order valence-electron chi connectivity index (χ4n) is 3.05. The van der Waals surface area contributed by atoms with E-state index in [1.165, 1.54) is 36.6 Å². The summed E-state index contributed by atoms with van der Waals surface area (Å²) in [4.78, 5) is 28.9. The number of nitrogens with two attached hydrogens (primary N) is 1. The molecular weight excluding hydrogens is 392 g/mol. The van der Waals surface area contributed by atoms with Crippen molar-refractivity contribution in [2.75, 3.05) is 18.2 Å². The maximum Gasteiger partial charge on any atom is 0.273 e. The molecule has 4 aromatic rings. The number of rotatable bonds is 4. The number of carbonyl (C=O) groups is 1. The third-order valence-corrected chi connectivity index (χ3v) is 5.64. The van der Waals surface area contributed by atoms with Gasteiger partial charge in [-0.1, -0.05) is 12.1 Å². The van der Waals surface area contributed by atoms with Gasteiger partial charge in [0.1, 0.15) is 15.5 Å². The van der Waals surface area contributed by atoms with Gasteiger partial charge in [-0.2, -0.15) is 0 Å². The molecule has 0 aliphatic heterocycles. The number of methoxy groups -OCH3 is 1. The molecule has 0 spiro atoms. The summed E-state index contributed by atoms with van der Waals surface area (Å²) >= 11 is 1.20.